The molecule has 0 saturated carbocycles. The molecule has 2 aromatic heterocycles. The molecule has 25 heavy (non-hydrogen) atoms. The van der Waals surface area contributed by atoms with Gasteiger partial charge in [-0.2, -0.15) is 0 Å². The summed E-state index contributed by atoms with van der Waals surface area (Å²) in [5, 5.41) is 11.1. The van der Waals surface area contributed by atoms with Gasteiger partial charge in [0.2, 0.25) is 5.13 Å². The highest BCUT2D eigenvalue weighted by atomic mass is 32.1. The molecule has 1 saturated heterocycles. The van der Waals surface area contributed by atoms with Crippen LogP contribution in [-0.2, 0) is 6.67 Å². The van der Waals surface area contributed by atoms with E-state index in [9.17, 15) is 0 Å². The number of aromatic nitrogens is 2. The third-order valence-electron chi connectivity index (χ3n) is 4.46. The van der Waals surface area contributed by atoms with Gasteiger partial charge in [0.1, 0.15) is 0 Å². The number of benzene rings is 1. The number of nitrogens with zero attached hydrogens (tertiary/aromatic N) is 3. The lowest BCUT2D eigenvalue weighted by Gasteiger charge is -2.23. The molecular formula is C18H20N4S3. The van der Waals surface area contributed by atoms with E-state index in [0.717, 1.165) is 28.0 Å². The largest absolute Gasteiger partial charge is 0.330 e. The molecule has 0 spiro atoms. The topological polar surface area (TPSA) is 33.1 Å². The van der Waals surface area contributed by atoms with E-state index in [4.69, 9.17) is 12.2 Å². The first-order valence-corrected chi connectivity index (χ1v) is 10.5. The van der Waals surface area contributed by atoms with Crippen LogP contribution < -0.4 is 5.32 Å². The third kappa shape index (κ3) is 3.84. The first kappa shape index (κ1) is 16.9. The number of hydrogen-bond donors (Lipinski definition) is 1. The molecule has 4 nitrogen and oxygen atoms in total. The van der Waals surface area contributed by atoms with Crippen molar-refractivity contribution in [2.75, 3.05) is 11.9 Å². The summed E-state index contributed by atoms with van der Waals surface area (Å²) in [7, 11) is 0. The summed E-state index contributed by atoms with van der Waals surface area (Å²) in [6.45, 7) is 3.94. The summed E-state index contributed by atoms with van der Waals surface area (Å²) in [5.74, 6) is 0. The van der Waals surface area contributed by atoms with E-state index in [1.54, 1.807) is 0 Å². The average Bonchev–Trinajstić information content (AvgIpc) is 3.32. The number of nitrogens with one attached hydrogen (secondary N) is 1. The molecule has 3 heterocycles. The van der Waals surface area contributed by atoms with Gasteiger partial charge in [0.25, 0.3) is 0 Å². The number of likely N-dealkylation sites (tertiary alicyclic amines) is 1. The lowest BCUT2D eigenvalue weighted by Crippen LogP contribution is -2.26. The minimum atomic E-state index is 0.497. The van der Waals surface area contributed by atoms with Crippen molar-refractivity contribution in [1.82, 2.24) is 14.7 Å². The first-order valence-electron chi connectivity index (χ1n) is 8.38. The van der Waals surface area contributed by atoms with Crippen LogP contribution in [0.2, 0.25) is 0 Å². The molecule has 1 aromatic carbocycles. The zero-order valence-electron chi connectivity index (χ0n) is 14.0. The van der Waals surface area contributed by atoms with E-state index in [-0.39, 0.29) is 0 Å². The van der Waals surface area contributed by atoms with Crippen molar-refractivity contribution in [2.24, 2.45) is 0 Å². The Bertz CT molecular complexity index is 880. The quantitative estimate of drug-likeness (QED) is 0.578. The predicted octanol–water partition coefficient (Wildman–Crippen LogP) is 5.58. The summed E-state index contributed by atoms with van der Waals surface area (Å²) >= 11 is 8.90. The van der Waals surface area contributed by atoms with Crippen molar-refractivity contribution in [3.05, 3.63) is 56.2 Å². The van der Waals surface area contributed by atoms with Gasteiger partial charge in [0.05, 0.1) is 6.67 Å². The van der Waals surface area contributed by atoms with Gasteiger partial charge in [-0.3, -0.25) is 4.90 Å². The zero-order chi connectivity index (χ0) is 17.2. The maximum atomic E-state index is 5.54. The Morgan fingerprint density at radius 3 is 2.88 bits per heavy atom. The van der Waals surface area contributed by atoms with E-state index in [1.165, 1.54) is 34.6 Å². The van der Waals surface area contributed by atoms with Crippen molar-refractivity contribution in [3.8, 4) is 0 Å². The van der Waals surface area contributed by atoms with Gasteiger partial charge in [-0.1, -0.05) is 35.1 Å². The SMILES string of the molecule is Cc1ccc(Nc2nn(CN3CCC[C@@H]3c3cccs3)c(=S)s2)cc1. The van der Waals surface area contributed by atoms with Crippen molar-refractivity contribution >= 4 is 45.7 Å². The van der Waals surface area contributed by atoms with Crippen LogP contribution in [0.15, 0.2) is 41.8 Å². The molecule has 0 bridgehead atoms. The minimum absolute atomic E-state index is 0.497. The second kappa shape index (κ2) is 7.37. The summed E-state index contributed by atoms with van der Waals surface area (Å²) in [4.78, 5) is 3.93. The Morgan fingerprint density at radius 1 is 1.28 bits per heavy atom. The number of anilines is 2. The summed E-state index contributed by atoms with van der Waals surface area (Å²) in [6, 6.07) is 13.2. The predicted molar refractivity (Wildman–Crippen MR) is 108 cm³/mol. The van der Waals surface area contributed by atoms with Gasteiger partial charge in [-0.15, -0.1) is 16.4 Å². The number of aryl methyl sites for hydroxylation is 1. The molecule has 0 amide bonds. The molecule has 4 rings (SSSR count). The van der Waals surface area contributed by atoms with Crippen LogP contribution in [-0.4, -0.2) is 21.2 Å². The molecule has 1 atom stereocenters. The molecule has 1 aliphatic rings. The molecule has 3 aromatic rings. The molecule has 7 heteroatoms. The lowest BCUT2D eigenvalue weighted by molar-refractivity contribution is 0.193. The summed E-state index contributed by atoms with van der Waals surface area (Å²) < 4.78 is 2.76. The van der Waals surface area contributed by atoms with E-state index < -0.39 is 0 Å². The van der Waals surface area contributed by atoms with Crippen molar-refractivity contribution < 1.29 is 0 Å². The number of rotatable bonds is 5. The highest BCUT2D eigenvalue weighted by Gasteiger charge is 2.27. The molecule has 130 valence electrons. The van der Waals surface area contributed by atoms with Crippen LogP contribution >= 0.6 is 34.9 Å². The van der Waals surface area contributed by atoms with Gasteiger partial charge in [-0.05, 0) is 55.6 Å². The second-order valence-electron chi connectivity index (χ2n) is 6.29. The zero-order valence-corrected chi connectivity index (χ0v) is 16.5. The van der Waals surface area contributed by atoms with Gasteiger partial charge in [0.15, 0.2) is 3.95 Å². The summed E-state index contributed by atoms with van der Waals surface area (Å²) in [6.07, 6.45) is 2.45. The highest BCUT2D eigenvalue weighted by Crippen LogP contribution is 2.35. The van der Waals surface area contributed by atoms with Gasteiger partial charge in [-0.25, -0.2) is 4.68 Å². The molecule has 0 unspecified atom stereocenters. The Kier molecular flexibility index (Phi) is 4.98. The number of thiophene rings is 1. The van der Waals surface area contributed by atoms with Gasteiger partial charge in [0, 0.05) is 23.2 Å². The van der Waals surface area contributed by atoms with Gasteiger partial charge < -0.3 is 5.32 Å². The fourth-order valence-corrected chi connectivity index (χ4v) is 5.09. The molecule has 1 fully saturated rings. The smallest absolute Gasteiger partial charge is 0.209 e. The monoisotopic (exact) mass is 388 g/mol. The Labute approximate surface area is 160 Å². The van der Waals surface area contributed by atoms with Crippen molar-refractivity contribution in [1.29, 1.82) is 0 Å². The fraction of sp³-hybridized carbons (Fsp3) is 0.333. The van der Waals surface area contributed by atoms with Gasteiger partial charge >= 0.3 is 0 Å². The first-order chi connectivity index (χ1) is 12.2. The Hall–Kier alpha value is -1.54. The maximum absolute atomic E-state index is 5.54. The molecule has 1 aliphatic heterocycles. The summed E-state index contributed by atoms with van der Waals surface area (Å²) in [5.41, 5.74) is 2.29. The van der Waals surface area contributed by atoms with Crippen LogP contribution in [0.3, 0.4) is 0 Å². The van der Waals surface area contributed by atoms with Crippen LogP contribution in [0.4, 0.5) is 10.8 Å². The van der Waals surface area contributed by atoms with E-state index in [2.05, 4.69) is 64.0 Å². The van der Waals surface area contributed by atoms with E-state index in [0.29, 0.717) is 6.04 Å². The standard InChI is InChI=1S/C18H20N4S3/c1-13-6-8-14(9-7-13)19-17-20-22(18(23)25-17)12-21-10-2-4-15(21)16-5-3-11-24-16/h3,5-9,11,15H,2,4,10,12H2,1H3,(H,19,20)/t15-/m1/s1. The number of hydrogen-bond acceptors (Lipinski definition) is 6. The fourth-order valence-electron chi connectivity index (χ4n) is 3.18. The Morgan fingerprint density at radius 2 is 2.12 bits per heavy atom. The van der Waals surface area contributed by atoms with E-state index in [1.807, 2.05) is 16.0 Å². The minimum Gasteiger partial charge on any atom is -0.330 e. The van der Waals surface area contributed by atoms with Crippen molar-refractivity contribution in [3.63, 3.8) is 0 Å². The lowest BCUT2D eigenvalue weighted by atomic mass is 10.2. The maximum Gasteiger partial charge on any atom is 0.209 e. The highest BCUT2D eigenvalue weighted by molar-refractivity contribution is 7.73. The third-order valence-corrected chi connectivity index (χ3v) is 6.66. The van der Waals surface area contributed by atoms with Crippen LogP contribution in [0, 0.1) is 10.9 Å². The van der Waals surface area contributed by atoms with Crippen LogP contribution in [0.5, 0.6) is 0 Å². The van der Waals surface area contributed by atoms with Crippen LogP contribution in [0.25, 0.3) is 0 Å². The van der Waals surface area contributed by atoms with Crippen LogP contribution in [0.1, 0.15) is 29.3 Å². The molecule has 0 aliphatic carbocycles. The molecular weight excluding hydrogens is 368 g/mol. The Balaban J connectivity index is 1.49. The molecule has 0 radical (unpaired) electrons. The average molecular weight is 389 g/mol. The van der Waals surface area contributed by atoms with E-state index >= 15 is 0 Å². The van der Waals surface area contributed by atoms with Crippen molar-refractivity contribution in [2.45, 2.75) is 32.5 Å². The molecule has 1 N–H and O–H groups in total. The second-order valence-corrected chi connectivity index (χ2v) is 8.89. The normalized spacial score (nSPS) is 17.9.